The number of hydrogen-bond acceptors (Lipinski definition) is 4. The van der Waals surface area contributed by atoms with Crippen LogP contribution < -0.4 is 5.32 Å². The second-order valence-corrected chi connectivity index (χ2v) is 10.7. The maximum absolute atomic E-state index is 13.8. The van der Waals surface area contributed by atoms with Gasteiger partial charge in [0.1, 0.15) is 5.82 Å². The minimum absolute atomic E-state index is 0.00311. The number of β-amino-alcohol motifs (C(OH)–C–C–N with tert-alkyl or cyclic N) is 1. The fourth-order valence-corrected chi connectivity index (χ4v) is 6.28. The van der Waals surface area contributed by atoms with E-state index >= 15 is 0 Å². The van der Waals surface area contributed by atoms with Gasteiger partial charge in [0.25, 0.3) is 0 Å². The summed E-state index contributed by atoms with van der Waals surface area (Å²) >= 11 is 0. The van der Waals surface area contributed by atoms with Gasteiger partial charge >= 0.3 is 12.2 Å². The van der Waals surface area contributed by atoms with Gasteiger partial charge < -0.3 is 15.3 Å². The van der Waals surface area contributed by atoms with Gasteiger partial charge in [-0.25, -0.2) is 9.18 Å². The molecule has 1 heterocycles. The molecular weight excluding hydrogens is 500 g/mol. The Morgan fingerprint density at radius 3 is 2.74 bits per heavy atom. The molecule has 1 aliphatic heterocycles. The summed E-state index contributed by atoms with van der Waals surface area (Å²) in [7, 11) is 0. The number of rotatable bonds is 6. The van der Waals surface area contributed by atoms with Crippen molar-refractivity contribution in [3.8, 4) is 6.07 Å². The molecule has 2 saturated carbocycles. The molecule has 0 bridgehead atoms. The van der Waals surface area contributed by atoms with Gasteiger partial charge in [0.15, 0.2) is 0 Å². The fourth-order valence-electron chi connectivity index (χ4n) is 6.28. The molecule has 6 nitrogen and oxygen atoms in total. The van der Waals surface area contributed by atoms with Gasteiger partial charge in [-0.15, -0.1) is 0 Å². The van der Waals surface area contributed by atoms with Crippen molar-refractivity contribution in [2.45, 2.75) is 55.8 Å². The molecule has 3 fully saturated rings. The normalized spacial score (nSPS) is 26.9. The lowest BCUT2D eigenvalue weighted by Crippen LogP contribution is -2.48. The predicted octanol–water partition coefficient (Wildman–Crippen LogP) is 5.13. The van der Waals surface area contributed by atoms with Crippen molar-refractivity contribution in [1.82, 2.24) is 9.80 Å². The molecule has 202 valence electrons. The van der Waals surface area contributed by atoms with Gasteiger partial charge in [-0.05, 0) is 79.3 Å². The van der Waals surface area contributed by atoms with E-state index in [9.17, 15) is 32.7 Å². The molecule has 1 saturated heterocycles. The average molecular weight is 531 g/mol. The highest BCUT2D eigenvalue weighted by Crippen LogP contribution is 2.62. The summed E-state index contributed by atoms with van der Waals surface area (Å²) in [4.78, 5) is 17.2. The van der Waals surface area contributed by atoms with E-state index in [2.05, 4.69) is 22.4 Å². The summed E-state index contributed by atoms with van der Waals surface area (Å²) in [6.07, 6.45) is -1.31. The lowest BCUT2D eigenvalue weighted by molar-refractivity contribution is -0.139. The number of alkyl halides is 3. The second kappa shape index (κ2) is 10.2. The van der Waals surface area contributed by atoms with E-state index < -0.39 is 29.7 Å². The zero-order valence-corrected chi connectivity index (χ0v) is 20.8. The number of benzene rings is 2. The minimum atomic E-state index is -4.87. The second-order valence-electron chi connectivity index (χ2n) is 10.7. The van der Waals surface area contributed by atoms with E-state index in [0.717, 1.165) is 43.9 Å². The minimum Gasteiger partial charge on any atom is -0.392 e. The van der Waals surface area contributed by atoms with Crippen LogP contribution in [0.1, 0.15) is 48.8 Å². The zero-order valence-electron chi connectivity index (χ0n) is 20.8. The Bertz CT molecular complexity index is 1250. The molecular formula is C28H30F4N4O2. The van der Waals surface area contributed by atoms with Crippen molar-refractivity contribution in [3.05, 3.63) is 65.0 Å². The van der Waals surface area contributed by atoms with E-state index in [1.807, 2.05) is 12.1 Å². The monoisotopic (exact) mass is 530 g/mol. The molecule has 2 aromatic rings. The maximum atomic E-state index is 13.8. The number of amides is 2. The Morgan fingerprint density at radius 1 is 1.24 bits per heavy atom. The van der Waals surface area contributed by atoms with E-state index in [4.69, 9.17) is 0 Å². The van der Waals surface area contributed by atoms with Crippen molar-refractivity contribution in [2.24, 2.45) is 5.92 Å². The Kier molecular flexibility index (Phi) is 7.09. The molecule has 0 spiro atoms. The van der Waals surface area contributed by atoms with E-state index in [-0.39, 0.29) is 17.1 Å². The van der Waals surface area contributed by atoms with Crippen molar-refractivity contribution < 1.29 is 27.5 Å². The number of fused-ring (bicyclic) bond motifs is 1. The quantitative estimate of drug-likeness (QED) is 0.508. The van der Waals surface area contributed by atoms with Crippen molar-refractivity contribution in [1.29, 1.82) is 5.26 Å². The number of anilines is 1. The summed E-state index contributed by atoms with van der Waals surface area (Å²) in [5.74, 6) is -1.04. The highest BCUT2D eigenvalue weighted by atomic mass is 19.4. The fraction of sp³-hybridized carbons (Fsp3) is 0.500. The number of carbonyl (C=O) groups excluding carboxylic acids is 1. The van der Waals surface area contributed by atoms with Crippen LogP contribution in [0.15, 0.2) is 42.5 Å². The molecule has 2 aliphatic carbocycles. The van der Waals surface area contributed by atoms with E-state index in [0.29, 0.717) is 49.7 Å². The lowest BCUT2D eigenvalue weighted by atomic mass is 9.80. The number of halogens is 4. The summed E-state index contributed by atoms with van der Waals surface area (Å²) < 4.78 is 53.4. The third kappa shape index (κ3) is 5.36. The van der Waals surface area contributed by atoms with Crippen LogP contribution in [0.4, 0.5) is 28.0 Å². The molecule has 0 radical (unpaired) electrons. The van der Waals surface area contributed by atoms with Gasteiger partial charge in [0.2, 0.25) is 0 Å². The molecule has 2 aromatic carbocycles. The maximum Gasteiger partial charge on any atom is 0.419 e. The third-order valence-corrected chi connectivity index (χ3v) is 8.41. The first kappa shape index (κ1) is 26.4. The highest BCUT2D eigenvalue weighted by molar-refractivity contribution is 5.89. The summed E-state index contributed by atoms with van der Waals surface area (Å²) in [5.41, 5.74) is 0.232. The summed E-state index contributed by atoms with van der Waals surface area (Å²) in [6, 6.07) is 11.7. The van der Waals surface area contributed by atoms with Crippen LogP contribution in [0, 0.1) is 23.1 Å². The van der Waals surface area contributed by atoms with E-state index in [1.165, 1.54) is 0 Å². The number of nitrogens with one attached hydrogen (secondary N) is 1. The van der Waals surface area contributed by atoms with Crippen molar-refractivity contribution in [3.63, 3.8) is 0 Å². The van der Waals surface area contributed by atoms with Crippen molar-refractivity contribution in [2.75, 3.05) is 31.5 Å². The largest absolute Gasteiger partial charge is 0.419 e. The number of aliphatic hydroxyl groups excluding tert-OH is 1. The zero-order chi connectivity index (χ0) is 27.1. The number of aliphatic hydroxyl groups is 1. The lowest BCUT2D eigenvalue weighted by Gasteiger charge is -2.37. The summed E-state index contributed by atoms with van der Waals surface area (Å²) in [5, 5.41) is 21.7. The molecule has 5 rings (SSSR count). The van der Waals surface area contributed by atoms with E-state index in [1.54, 1.807) is 11.0 Å². The molecule has 1 unspecified atom stereocenters. The van der Waals surface area contributed by atoms with Crippen LogP contribution in [-0.4, -0.2) is 59.3 Å². The summed E-state index contributed by atoms with van der Waals surface area (Å²) in [6.45, 7) is 2.14. The topological polar surface area (TPSA) is 79.6 Å². The number of nitriles is 1. The Balaban J connectivity index is 1.32. The molecule has 3 aliphatic rings. The van der Waals surface area contributed by atoms with Gasteiger partial charge in [-0.1, -0.05) is 12.1 Å². The molecule has 2 amide bonds. The van der Waals surface area contributed by atoms with Crippen LogP contribution in [0.3, 0.4) is 0 Å². The van der Waals surface area contributed by atoms with Gasteiger partial charge in [0, 0.05) is 37.9 Å². The molecule has 10 heteroatoms. The Hall–Kier alpha value is -3.16. The third-order valence-electron chi connectivity index (χ3n) is 8.41. The SMILES string of the molecule is N#Cc1cccc([C@@]23CC[C@@H](N(CCN4CC[C@@H](O)C4)C(=O)Nc4ccc(F)c(C(F)(F)F)c4)CC2C3)c1. The number of hydrogen-bond donors (Lipinski definition) is 2. The van der Waals surface area contributed by atoms with Gasteiger partial charge in [0.05, 0.1) is 23.3 Å². The van der Waals surface area contributed by atoms with Crippen LogP contribution >= 0.6 is 0 Å². The number of urea groups is 1. The first-order valence-corrected chi connectivity index (χ1v) is 12.9. The predicted molar refractivity (Wildman–Crippen MR) is 133 cm³/mol. The van der Waals surface area contributed by atoms with Gasteiger partial charge in [-0.3, -0.25) is 4.90 Å². The number of carbonyl (C=O) groups is 1. The van der Waals surface area contributed by atoms with Crippen molar-refractivity contribution >= 4 is 11.7 Å². The van der Waals surface area contributed by atoms with Gasteiger partial charge in [-0.2, -0.15) is 18.4 Å². The molecule has 2 N–H and O–H groups in total. The van der Waals surface area contributed by atoms with Crippen LogP contribution in [0.5, 0.6) is 0 Å². The smallest absolute Gasteiger partial charge is 0.392 e. The molecule has 0 aromatic heterocycles. The van der Waals surface area contributed by atoms with Crippen LogP contribution in [-0.2, 0) is 11.6 Å². The number of nitrogens with zero attached hydrogens (tertiary/aromatic N) is 3. The Morgan fingerprint density at radius 2 is 2.05 bits per heavy atom. The standard InChI is InChI=1S/C28H30F4N4O2/c29-25-5-4-21(14-24(25)28(30,31)32)34-26(38)36(11-10-35-9-7-23(37)17-35)22-6-8-27(15-20(27)13-22)19-3-1-2-18(12-19)16-33/h1-5,12,14,20,22-23,37H,6-11,13,15,17H2,(H,34,38)/t20?,22-,23-,27+/m1/s1. The Labute approximate surface area is 218 Å². The molecule has 4 atom stereocenters. The molecule has 38 heavy (non-hydrogen) atoms. The highest BCUT2D eigenvalue weighted by Gasteiger charge is 2.58. The average Bonchev–Trinajstić information content (AvgIpc) is 3.49. The first-order chi connectivity index (χ1) is 18.1. The number of likely N-dealkylation sites (tertiary alicyclic amines) is 1. The van der Waals surface area contributed by atoms with Crippen LogP contribution in [0.2, 0.25) is 0 Å². The first-order valence-electron chi connectivity index (χ1n) is 12.9. The van der Waals surface area contributed by atoms with Crippen LogP contribution in [0.25, 0.3) is 0 Å².